The zero-order valence-corrected chi connectivity index (χ0v) is 11.9. The van der Waals surface area contributed by atoms with Gasteiger partial charge < -0.3 is 15.0 Å². The first-order chi connectivity index (χ1) is 10.7. The second-order valence-corrected chi connectivity index (χ2v) is 4.79. The number of carbonyl (C=O) groups excluding carboxylic acids is 1. The van der Waals surface area contributed by atoms with E-state index in [1.54, 1.807) is 43.5 Å². The number of rotatable bonds is 3. The summed E-state index contributed by atoms with van der Waals surface area (Å²) < 4.78 is 5.10. The van der Waals surface area contributed by atoms with E-state index in [4.69, 9.17) is 4.74 Å². The van der Waals surface area contributed by atoms with Crippen LogP contribution in [0.5, 0.6) is 5.75 Å². The average molecular weight is 294 g/mol. The van der Waals surface area contributed by atoms with Crippen molar-refractivity contribution in [1.29, 1.82) is 0 Å². The Kier molecular flexibility index (Phi) is 3.62. The van der Waals surface area contributed by atoms with Crippen LogP contribution in [0.2, 0.25) is 0 Å². The van der Waals surface area contributed by atoms with Crippen molar-refractivity contribution in [3.05, 3.63) is 70.5 Å². The van der Waals surface area contributed by atoms with Crippen LogP contribution >= 0.6 is 0 Å². The fraction of sp³-hybridized carbons (Fsp3) is 0.0588. The number of ether oxygens (including phenoxy) is 1. The standard InChI is InChI=1S/C17H14N2O3/c1-22-13-7-4-6-12(10-13)18-16(20)14-9-11-5-2-3-8-15(11)19-17(14)21/h2-10H,1H3,(H,18,20)(H,19,21). The molecule has 1 aromatic heterocycles. The number of hydrogen-bond acceptors (Lipinski definition) is 3. The molecule has 2 aromatic carbocycles. The van der Waals surface area contributed by atoms with E-state index in [1.807, 2.05) is 18.2 Å². The van der Waals surface area contributed by atoms with Crippen molar-refractivity contribution in [2.75, 3.05) is 12.4 Å². The second kappa shape index (κ2) is 5.73. The van der Waals surface area contributed by atoms with Crippen LogP contribution in [0.4, 0.5) is 5.69 Å². The lowest BCUT2D eigenvalue weighted by Crippen LogP contribution is -2.23. The zero-order chi connectivity index (χ0) is 15.5. The van der Waals surface area contributed by atoms with Crippen LogP contribution in [0, 0.1) is 0 Å². The van der Waals surface area contributed by atoms with Gasteiger partial charge in [0.1, 0.15) is 11.3 Å². The van der Waals surface area contributed by atoms with E-state index in [1.165, 1.54) is 0 Å². The lowest BCUT2D eigenvalue weighted by Gasteiger charge is -2.07. The number of pyridine rings is 1. The summed E-state index contributed by atoms with van der Waals surface area (Å²) in [6.45, 7) is 0. The summed E-state index contributed by atoms with van der Waals surface area (Å²) in [5, 5.41) is 3.50. The Morgan fingerprint density at radius 1 is 1.09 bits per heavy atom. The van der Waals surface area contributed by atoms with Crippen LogP contribution in [0.25, 0.3) is 10.9 Å². The van der Waals surface area contributed by atoms with Gasteiger partial charge in [0, 0.05) is 17.3 Å². The first-order valence-corrected chi connectivity index (χ1v) is 6.75. The molecule has 5 heteroatoms. The Morgan fingerprint density at radius 3 is 2.73 bits per heavy atom. The van der Waals surface area contributed by atoms with Gasteiger partial charge in [-0.15, -0.1) is 0 Å². The molecule has 0 bridgehead atoms. The third-order valence-corrected chi connectivity index (χ3v) is 3.33. The van der Waals surface area contributed by atoms with Gasteiger partial charge in [-0.05, 0) is 29.7 Å². The normalized spacial score (nSPS) is 10.4. The smallest absolute Gasteiger partial charge is 0.261 e. The monoisotopic (exact) mass is 294 g/mol. The summed E-state index contributed by atoms with van der Waals surface area (Å²) in [7, 11) is 1.55. The summed E-state index contributed by atoms with van der Waals surface area (Å²) in [6, 6.07) is 15.9. The Morgan fingerprint density at radius 2 is 1.91 bits per heavy atom. The van der Waals surface area contributed by atoms with Crippen molar-refractivity contribution < 1.29 is 9.53 Å². The first kappa shape index (κ1) is 13.9. The number of benzene rings is 2. The molecule has 110 valence electrons. The Labute approximate surface area is 126 Å². The molecule has 1 amide bonds. The van der Waals surface area contributed by atoms with Gasteiger partial charge in [-0.1, -0.05) is 24.3 Å². The molecule has 0 spiro atoms. The number of H-pyrrole nitrogens is 1. The number of methoxy groups -OCH3 is 1. The molecule has 22 heavy (non-hydrogen) atoms. The Hall–Kier alpha value is -3.08. The Balaban J connectivity index is 1.94. The van der Waals surface area contributed by atoms with Gasteiger partial charge in [0.05, 0.1) is 7.11 Å². The molecule has 0 aliphatic heterocycles. The lowest BCUT2D eigenvalue weighted by molar-refractivity contribution is 0.102. The molecule has 3 aromatic rings. The number of amides is 1. The SMILES string of the molecule is COc1cccc(NC(=O)c2cc3ccccc3[nH]c2=O)c1. The third-order valence-electron chi connectivity index (χ3n) is 3.33. The van der Waals surface area contributed by atoms with Gasteiger partial charge in [-0.25, -0.2) is 0 Å². The highest BCUT2D eigenvalue weighted by molar-refractivity contribution is 6.05. The van der Waals surface area contributed by atoms with Crippen LogP contribution in [-0.2, 0) is 0 Å². The van der Waals surface area contributed by atoms with E-state index < -0.39 is 11.5 Å². The number of hydrogen-bond donors (Lipinski definition) is 2. The minimum atomic E-state index is -0.458. The highest BCUT2D eigenvalue weighted by Gasteiger charge is 2.12. The van der Waals surface area contributed by atoms with Crippen molar-refractivity contribution in [3.8, 4) is 5.75 Å². The molecule has 0 radical (unpaired) electrons. The zero-order valence-electron chi connectivity index (χ0n) is 11.9. The minimum absolute atomic E-state index is 0.0709. The number of carbonyl (C=O) groups is 1. The molecule has 0 aliphatic rings. The van der Waals surface area contributed by atoms with Crippen LogP contribution in [0.3, 0.4) is 0 Å². The Bertz CT molecular complexity index is 900. The topological polar surface area (TPSA) is 71.2 Å². The molecule has 1 heterocycles. The number of aromatic amines is 1. The van der Waals surface area contributed by atoms with Gasteiger partial charge in [-0.3, -0.25) is 9.59 Å². The molecule has 0 saturated heterocycles. The number of aromatic nitrogens is 1. The molecule has 0 atom stereocenters. The molecule has 2 N–H and O–H groups in total. The van der Waals surface area contributed by atoms with Crippen molar-refractivity contribution in [2.24, 2.45) is 0 Å². The molecule has 0 saturated carbocycles. The van der Waals surface area contributed by atoms with Gasteiger partial charge in [0.2, 0.25) is 0 Å². The van der Waals surface area contributed by atoms with Crippen LogP contribution in [0.15, 0.2) is 59.4 Å². The average Bonchev–Trinajstić information content (AvgIpc) is 2.54. The van der Waals surface area contributed by atoms with Gasteiger partial charge in [0.15, 0.2) is 0 Å². The maximum atomic E-state index is 12.3. The summed E-state index contributed by atoms with van der Waals surface area (Å²) in [4.78, 5) is 27.1. The van der Waals surface area contributed by atoms with Crippen molar-refractivity contribution in [3.63, 3.8) is 0 Å². The predicted octanol–water partition coefficient (Wildman–Crippen LogP) is 2.79. The van der Waals surface area contributed by atoms with Crippen LogP contribution in [0.1, 0.15) is 10.4 Å². The van der Waals surface area contributed by atoms with Crippen molar-refractivity contribution in [1.82, 2.24) is 4.98 Å². The molecule has 0 unspecified atom stereocenters. The van der Waals surface area contributed by atoms with E-state index in [-0.39, 0.29) is 5.56 Å². The predicted molar refractivity (Wildman–Crippen MR) is 85.5 cm³/mol. The van der Waals surface area contributed by atoms with E-state index in [0.717, 1.165) is 5.39 Å². The van der Waals surface area contributed by atoms with Gasteiger partial charge >= 0.3 is 0 Å². The lowest BCUT2D eigenvalue weighted by atomic mass is 10.1. The van der Waals surface area contributed by atoms with Gasteiger partial charge in [0.25, 0.3) is 11.5 Å². The highest BCUT2D eigenvalue weighted by Crippen LogP contribution is 2.17. The third kappa shape index (κ3) is 2.69. The number of nitrogens with one attached hydrogen (secondary N) is 2. The van der Waals surface area contributed by atoms with Gasteiger partial charge in [-0.2, -0.15) is 0 Å². The molecule has 0 fully saturated rings. The summed E-state index contributed by atoms with van der Waals surface area (Å²) in [6.07, 6.45) is 0. The number of fused-ring (bicyclic) bond motifs is 1. The minimum Gasteiger partial charge on any atom is -0.497 e. The fourth-order valence-corrected chi connectivity index (χ4v) is 2.22. The summed E-state index contributed by atoms with van der Waals surface area (Å²) in [5.74, 6) is 0.172. The van der Waals surface area contributed by atoms with E-state index in [9.17, 15) is 9.59 Å². The summed E-state index contributed by atoms with van der Waals surface area (Å²) in [5.41, 5.74) is 0.919. The molecular weight excluding hydrogens is 280 g/mol. The molecular formula is C17H14N2O3. The number of anilines is 1. The van der Waals surface area contributed by atoms with E-state index in [0.29, 0.717) is 17.0 Å². The van der Waals surface area contributed by atoms with E-state index in [2.05, 4.69) is 10.3 Å². The largest absolute Gasteiger partial charge is 0.497 e. The first-order valence-electron chi connectivity index (χ1n) is 6.75. The molecule has 0 aliphatic carbocycles. The maximum absolute atomic E-state index is 12.3. The van der Waals surface area contributed by atoms with Crippen LogP contribution in [-0.4, -0.2) is 18.0 Å². The number of para-hydroxylation sites is 1. The highest BCUT2D eigenvalue weighted by atomic mass is 16.5. The van der Waals surface area contributed by atoms with E-state index >= 15 is 0 Å². The quantitative estimate of drug-likeness (QED) is 0.780. The van der Waals surface area contributed by atoms with Crippen LogP contribution < -0.4 is 15.6 Å². The second-order valence-electron chi connectivity index (χ2n) is 4.79. The molecule has 5 nitrogen and oxygen atoms in total. The van der Waals surface area contributed by atoms with Crippen molar-refractivity contribution in [2.45, 2.75) is 0 Å². The van der Waals surface area contributed by atoms with Crippen molar-refractivity contribution >= 4 is 22.5 Å². The maximum Gasteiger partial charge on any atom is 0.261 e. The fourth-order valence-electron chi connectivity index (χ4n) is 2.22. The summed E-state index contributed by atoms with van der Waals surface area (Å²) >= 11 is 0. The molecule has 3 rings (SSSR count).